The zero-order chi connectivity index (χ0) is 13.1. The number of hydrogen-bond acceptors (Lipinski definition) is 2. The third-order valence-electron chi connectivity index (χ3n) is 3.89. The molecule has 2 N–H and O–H groups in total. The van der Waals surface area contributed by atoms with Crippen LogP contribution in [-0.4, -0.2) is 18.0 Å². The maximum atomic E-state index is 6.30. The van der Waals surface area contributed by atoms with E-state index in [1.807, 2.05) is 6.07 Å². The van der Waals surface area contributed by atoms with Crippen molar-refractivity contribution in [2.24, 2.45) is 5.73 Å². The van der Waals surface area contributed by atoms with Gasteiger partial charge in [0.15, 0.2) is 0 Å². The summed E-state index contributed by atoms with van der Waals surface area (Å²) in [5, 5.41) is 0. The van der Waals surface area contributed by atoms with Crippen molar-refractivity contribution in [1.82, 2.24) is 4.90 Å². The first-order chi connectivity index (χ1) is 9.33. The summed E-state index contributed by atoms with van der Waals surface area (Å²) in [5.74, 6) is 0. The second-order valence-corrected chi connectivity index (χ2v) is 5.27. The molecule has 0 saturated heterocycles. The standard InChI is InChI=1S/C17H20N2/c18-17(15-7-2-1-3-8-15)13-19-11-10-14-6-4-5-9-16(14)12-19/h1-9,17H,10-13,18H2. The Morgan fingerprint density at radius 1 is 0.947 bits per heavy atom. The van der Waals surface area contributed by atoms with Crippen LogP contribution in [0.5, 0.6) is 0 Å². The topological polar surface area (TPSA) is 29.3 Å². The highest BCUT2D eigenvalue weighted by atomic mass is 15.1. The predicted molar refractivity (Wildman–Crippen MR) is 78.8 cm³/mol. The Labute approximate surface area is 114 Å². The molecule has 0 aliphatic carbocycles. The van der Waals surface area contributed by atoms with E-state index in [1.54, 1.807) is 0 Å². The van der Waals surface area contributed by atoms with Crippen molar-refractivity contribution in [1.29, 1.82) is 0 Å². The summed E-state index contributed by atoms with van der Waals surface area (Å²) in [6.07, 6.45) is 1.14. The summed E-state index contributed by atoms with van der Waals surface area (Å²) in [7, 11) is 0. The van der Waals surface area contributed by atoms with Gasteiger partial charge >= 0.3 is 0 Å². The molecule has 2 heteroatoms. The Balaban J connectivity index is 1.66. The van der Waals surface area contributed by atoms with Crippen molar-refractivity contribution >= 4 is 0 Å². The quantitative estimate of drug-likeness (QED) is 0.910. The van der Waals surface area contributed by atoms with Gasteiger partial charge in [0.05, 0.1) is 0 Å². The van der Waals surface area contributed by atoms with Gasteiger partial charge in [-0.15, -0.1) is 0 Å². The van der Waals surface area contributed by atoms with Crippen molar-refractivity contribution in [2.75, 3.05) is 13.1 Å². The first-order valence-corrected chi connectivity index (χ1v) is 6.92. The van der Waals surface area contributed by atoms with Gasteiger partial charge in [-0.1, -0.05) is 54.6 Å². The fourth-order valence-corrected chi connectivity index (χ4v) is 2.79. The van der Waals surface area contributed by atoms with E-state index >= 15 is 0 Å². The first-order valence-electron chi connectivity index (χ1n) is 6.92. The molecule has 1 heterocycles. The second kappa shape index (κ2) is 5.55. The maximum absolute atomic E-state index is 6.30. The van der Waals surface area contributed by atoms with Crippen LogP contribution in [0.2, 0.25) is 0 Å². The lowest BCUT2D eigenvalue weighted by molar-refractivity contribution is 0.239. The van der Waals surface area contributed by atoms with Crippen molar-refractivity contribution < 1.29 is 0 Å². The number of hydrogen-bond donors (Lipinski definition) is 1. The van der Waals surface area contributed by atoms with Crippen LogP contribution in [0.3, 0.4) is 0 Å². The van der Waals surface area contributed by atoms with E-state index in [-0.39, 0.29) is 6.04 Å². The molecular formula is C17H20N2. The van der Waals surface area contributed by atoms with Crippen molar-refractivity contribution in [3.8, 4) is 0 Å². The maximum Gasteiger partial charge on any atom is 0.0424 e. The van der Waals surface area contributed by atoms with E-state index in [2.05, 4.69) is 53.4 Å². The van der Waals surface area contributed by atoms with Gasteiger partial charge < -0.3 is 5.73 Å². The highest BCUT2D eigenvalue weighted by molar-refractivity contribution is 5.29. The molecule has 1 atom stereocenters. The smallest absolute Gasteiger partial charge is 0.0424 e. The van der Waals surface area contributed by atoms with E-state index in [9.17, 15) is 0 Å². The Kier molecular flexibility index (Phi) is 3.62. The zero-order valence-corrected chi connectivity index (χ0v) is 11.1. The van der Waals surface area contributed by atoms with Crippen LogP contribution >= 0.6 is 0 Å². The minimum atomic E-state index is 0.103. The summed E-state index contributed by atoms with van der Waals surface area (Å²) in [6, 6.07) is 19.2. The predicted octanol–water partition coefficient (Wildman–Crippen LogP) is 2.74. The van der Waals surface area contributed by atoms with Crippen LogP contribution in [0.15, 0.2) is 54.6 Å². The molecule has 2 aromatic carbocycles. The number of benzene rings is 2. The third kappa shape index (κ3) is 2.86. The fraction of sp³-hybridized carbons (Fsp3) is 0.294. The molecule has 0 aromatic heterocycles. The number of nitrogens with two attached hydrogens (primary N) is 1. The van der Waals surface area contributed by atoms with Crippen molar-refractivity contribution in [3.05, 3.63) is 71.3 Å². The summed E-state index contributed by atoms with van der Waals surface area (Å²) in [5.41, 5.74) is 10.5. The first kappa shape index (κ1) is 12.4. The van der Waals surface area contributed by atoms with Crippen LogP contribution in [0, 0.1) is 0 Å². The number of nitrogens with zero attached hydrogens (tertiary/aromatic N) is 1. The average Bonchev–Trinajstić information content (AvgIpc) is 2.48. The van der Waals surface area contributed by atoms with Crippen LogP contribution in [0.4, 0.5) is 0 Å². The second-order valence-electron chi connectivity index (χ2n) is 5.27. The number of fused-ring (bicyclic) bond motifs is 1. The van der Waals surface area contributed by atoms with E-state index < -0.39 is 0 Å². The lowest BCUT2D eigenvalue weighted by Gasteiger charge is -2.30. The largest absolute Gasteiger partial charge is 0.323 e. The van der Waals surface area contributed by atoms with Crippen LogP contribution in [0.25, 0.3) is 0 Å². The molecule has 1 unspecified atom stereocenters. The molecule has 2 nitrogen and oxygen atoms in total. The minimum absolute atomic E-state index is 0.103. The third-order valence-corrected chi connectivity index (χ3v) is 3.89. The van der Waals surface area contributed by atoms with E-state index in [4.69, 9.17) is 5.73 Å². The molecule has 3 rings (SSSR count). The Morgan fingerprint density at radius 3 is 2.42 bits per heavy atom. The summed E-state index contributed by atoms with van der Waals surface area (Å²) in [6.45, 7) is 3.06. The molecular weight excluding hydrogens is 232 g/mol. The average molecular weight is 252 g/mol. The van der Waals surface area contributed by atoms with E-state index in [1.165, 1.54) is 16.7 Å². The molecule has 1 aliphatic rings. The van der Waals surface area contributed by atoms with Crippen molar-refractivity contribution in [3.63, 3.8) is 0 Å². The molecule has 0 saturated carbocycles. The Hall–Kier alpha value is -1.64. The SMILES string of the molecule is NC(CN1CCc2ccccc2C1)c1ccccc1. The molecule has 0 spiro atoms. The minimum Gasteiger partial charge on any atom is -0.323 e. The normalized spacial score (nSPS) is 16.9. The molecule has 1 aliphatic heterocycles. The van der Waals surface area contributed by atoms with Gasteiger partial charge in [-0.2, -0.15) is 0 Å². The molecule has 0 amide bonds. The molecule has 0 radical (unpaired) electrons. The van der Waals surface area contributed by atoms with Gasteiger partial charge in [0, 0.05) is 25.7 Å². The van der Waals surface area contributed by atoms with Crippen LogP contribution in [-0.2, 0) is 13.0 Å². The van der Waals surface area contributed by atoms with Gasteiger partial charge in [0.1, 0.15) is 0 Å². The Bertz CT molecular complexity index is 536. The summed E-state index contributed by atoms with van der Waals surface area (Å²) >= 11 is 0. The molecule has 0 bridgehead atoms. The fourth-order valence-electron chi connectivity index (χ4n) is 2.79. The van der Waals surface area contributed by atoms with Gasteiger partial charge in [-0.3, -0.25) is 4.90 Å². The van der Waals surface area contributed by atoms with Crippen LogP contribution < -0.4 is 5.73 Å². The summed E-state index contributed by atoms with van der Waals surface area (Å²) < 4.78 is 0. The summed E-state index contributed by atoms with van der Waals surface area (Å²) in [4.78, 5) is 2.46. The van der Waals surface area contributed by atoms with E-state index in [0.29, 0.717) is 0 Å². The monoisotopic (exact) mass is 252 g/mol. The molecule has 98 valence electrons. The zero-order valence-electron chi connectivity index (χ0n) is 11.1. The molecule has 19 heavy (non-hydrogen) atoms. The molecule has 0 fully saturated rings. The lowest BCUT2D eigenvalue weighted by atomic mass is 9.99. The van der Waals surface area contributed by atoms with Gasteiger partial charge in [0.25, 0.3) is 0 Å². The lowest BCUT2D eigenvalue weighted by Crippen LogP contribution is -2.36. The highest BCUT2D eigenvalue weighted by Gasteiger charge is 2.18. The van der Waals surface area contributed by atoms with E-state index in [0.717, 1.165) is 26.1 Å². The number of rotatable bonds is 3. The van der Waals surface area contributed by atoms with Gasteiger partial charge in [-0.25, -0.2) is 0 Å². The van der Waals surface area contributed by atoms with Crippen molar-refractivity contribution in [2.45, 2.75) is 19.0 Å². The Morgan fingerprint density at radius 2 is 1.63 bits per heavy atom. The van der Waals surface area contributed by atoms with Crippen LogP contribution in [0.1, 0.15) is 22.7 Å². The highest BCUT2D eigenvalue weighted by Crippen LogP contribution is 2.20. The van der Waals surface area contributed by atoms with Gasteiger partial charge in [-0.05, 0) is 23.1 Å². The van der Waals surface area contributed by atoms with Gasteiger partial charge in [0.2, 0.25) is 0 Å². The molecule has 2 aromatic rings.